The molecule has 0 aliphatic heterocycles. The molecule has 8 nitrogen and oxygen atoms in total. The van der Waals surface area contributed by atoms with E-state index >= 15 is 0 Å². The SMILES string of the molecule is CN(c1ccncc1)S(=O)(=O)c1ccc([N+](=O)[O-])c(N)c1. The van der Waals surface area contributed by atoms with E-state index in [1.165, 1.54) is 31.6 Å². The van der Waals surface area contributed by atoms with Crippen LogP contribution in [0.25, 0.3) is 0 Å². The quantitative estimate of drug-likeness (QED) is 0.518. The molecule has 2 rings (SSSR count). The Morgan fingerprint density at radius 1 is 1.24 bits per heavy atom. The highest BCUT2D eigenvalue weighted by atomic mass is 32.2. The second kappa shape index (κ2) is 5.37. The molecule has 0 bridgehead atoms. The Kier molecular flexibility index (Phi) is 3.76. The molecule has 2 N–H and O–H groups in total. The Morgan fingerprint density at radius 3 is 2.38 bits per heavy atom. The number of nitrogens with two attached hydrogens (primary N) is 1. The summed E-state index contributed by atoms with van der Waals surface area (Å²) in [6.45, 7) is 0. The van der Waals surface area contributed by atoms with Gasteiger partial charge in [0.2, 0.25) is 0 Å². The van der Waals surface area contributed by atoms with Gasteiger partial charge in [-0.15, -0.1) is 0 Å². The molecule has 0 atom stereocenters. The molecule has 21 heavy (non-hydrogen) atoms. The maximum absolute atomic E-state index is 12.4. The zero-order valence-corrected chi connectivity index (χ0v) is 11.8. The maximum Gasteiger partial charge on any atom is 0.292 e. The van der Waals surface area contributed by atoms with Gasteiger partial charge in [-0.3, -0.25) is 19.4 Å². The molecule has 0 aliphatic rings. The van der Waals surface area contributed by atoms with Crippen LogP contribution >= 0.6 is 0 Å². The Bertz CT molecular complexity index is 777. The van der Waals surface area contributed by atoms with Crippen molar-refractivity contribution in [2.45, 2.75) is 4.90 Å². The highest BCUT2D eigenvalue weighted by molar-refractivity contribution is 7.92. The Labute approximate surface area is 121 Å². The van der Waals surface area contributed by atoms with Crippen molar-refractivity contribution in [3.8, 4) is 0 Å². The lowest BCUT2D eigenvalue weighted by Gasteiger charge is -2.19. The van der Waals surface area contributed by atoms with Crippen LogP contribution in [0.3, 0.4) is 0 Å². The topological polar surface area (TPSA) is 119 Å². The molecule has 0 fully saturated rings. The number of anilines is 2. The standard InChI is InChI=1S/C12H12N4O4S/c1-15(9-4-6-14-7-5-9)21(19,20)10-2-3-12(16(17)18)11(13)8-10/h2-8H,13H2,1H3. The molecule has 1 aromatic heterocycles. The van der Waals surface area contributed by atoms with Crippen molar-refractivity contribution >= 4 is 27.1 Å². The van der Waals surface area contributed by atoms with Gasteiger partial charge in [-0.05, 0) is 24.3 Å². The molecular formula is C12H12N4O4S. The lowest BCUT2D eigenvalue weighted by molar-refractivity contribution is -0.383. The van der Waals surface area contributed by atoms with E-state index in [9.17, 15) is 18.5 Å². The molecule has 1 heterocycles. The summed E-state index contributed by atoms with van der Waals surface area (Å²) in [5.74, 6) is 0. The molecule has 110 valence electrons. The van der Waals surface area contributed by atoms with Crippen LogP contribution in [-0.2, 0) is 10.0 Å². The fourth-order valence-electron chi connectivity index (χ4n) is 1.71. The summed E-state index contributed by atoms with van der Waals surface area (Å²) in [7, 11) is -2.48. The predicted octanol–water partition coefficient (Wildman–Crippen LogP) is 1.40. The molecule has 2 aromatic rings. The summed E-state index contributed by atoms with van der Waals surface area (Å²) in [4.78, 5) is 13.7. The Morgan fingerprint density at radius 2 is 1.86 bits per heavy atom. The number of hydrogen-bond acceptors (Lipinski definition) is 6. The average molecular weight is 308 g/mol. The van der Waals surface area contributed by atoms with Gasteiger partial charge in [0.1, 0.15) is 5.69 Å². The normalized spacial score (nSPS) is 11.1. The van der Waals surface area contributed by atoms with Gasteiger partial charge in [-0.2, -0.15) is 0 Å². The molecule has 0 amide bonds. The zero-order valence-electron chi connectivity index (χ0n) is 11.0. The zero-order chi connectivity index (χ0) is 15.6. The molecular weight excluding hydrogens is 296 g/mol. The fraction of sp³-hybridized carbons (Fsp3) is 0.0833. The van der Waals surface area contributed by atoms with Crippen molar-refractivity contribution in [1.29, 1.82) is 0 Å². The van der Waals surface area contributed by atoms with Crippen LogP contribution in [0.1, 0.15) is 0 Å². The number of benzene rings is 1. The molecule has 0 saturated carbocycles. The first-order chi connectivity index (χ1) is 9.84. The van der Waals surface area contributed by atoms with Gasteiger partial charge in [0.25, 0.3) is 15.7 Å². The average Bonchev–Trinajstić information content (AvgIpc) is 2.46. The van der Waals surface area contributed by atoms with Crippen molar-refractivity contribution in [1.82, 2.24) is 4.98 Å². The smallest absolute Gasteiger partial charge is 0.292 e. The third-order valence-electron chi connectivity index (χ3n) is 2.88. The van der Waals surface area contributed by atoms with Crippen molar-refractivity contribution in [2.24, 2.45) is 0 Å². The first-order valence-corrected chi connectivity index (χ1v) is 7.21. The van der Waals surface area contributed by atoms with Gasteiger partial charge in [0.15, 0.2) is 0 Å². The van der Waals surface area contributed by atoms with Crippen LogP contribution in [0.4, 0.5) is 17.1 Å². The first-order valence-electron chi connectivity index (χ1n) is 5.77. The van der Waals surface area contributed by atoms with E-state index in [1.54, 1.807) is 0 Å². The van der Waals surface area contributed by atoms with Crippen molar-refractivity contribution < 1.29 is 13.3 Å². The van der Waals surface area contributed by atoms with Crippen LogP contribution in [0, 0.1) is 10.1 Å². The Hall–Kier alpha value is -2.68. The third kappa shape index (κ3) is 2.77. The fourth-order valence-corrected chi connectivity index (χ4v) is 2.94. The van der Waals surface area contributed by atoms with Gasteiger partial charge < -0.3 is 5.73 Å². The van der Waals surface area contributed by atoms with E-state index in [0.29, 0.717) is 5.69 Å². The molecule has 0 aliphatic carbocycles. The second-order valence-corrected chi connectivity index (χ2v) is 6.12. The number of pyridine rings is 1. The van der Waals surface area contributed by atoms with Crippen molar-refractivity contribution in [2.75, 3.05) is 17.1 Å². The first kappa shape index (κ1) is 14.7. The minimum Gasteiger partial charge on any atom is -0.393 e. The second-order valence-electron chi connectivity index (χ2n) is 4.16. The third-order valence-corrected chi connectivity index (χ3v) is 4.66. The van der Waals surface area contributed by atoms with E-state index in [4.69, 9.17) is 5.73 Å². The van der Waals surface area contributed by atoms with Crippen LogP contribution in [0.15, 0.2) is 47.6 Å². The van der Waals surface area contributed by atoms with E-state index < -0.39 is 14.9 Å². The van der Waals surface area contributed by atoms with E-state index in [-0.39, 0.29) is 16.3 Å². The molecule has 0 saturated heterocycles. The summed E-state index contributed by atoms with van der Waals surface area (Å²) in [5, 5.41) is 10.7. The van der Waals surface area contributed by atoms with E-state index in [1.807, 2.05) is 0 Å². The lowest BCUT2D eigenvalue weighted by atomic mass is 10.3. The van der Waals surface area contributed by atoms with Crippen LogP contribution in [0.2, 0.25) is 0 Å². The predicted molar refractivity (Wildman–Crippen MR) is 77.3 cm³/mol. The van der Waals surface area contributed by atoms with Gasteiger partial charge in [0, 0.05) is 25.5 Å². The van der Waals surface area contributed by atoms with Gasteiger partial charge in [-0.25, -0.2) is 8.42 Å². The highest BCUT2D eigenvalue weighted by Gasteiger charge is 2.23. The molecule has 0 radical (unpaired) electrons. The Balaban J connectivity index is 2.45. The number of aromatic nitrogens is 1. The maximum atomic E-state index is 12.4. The summed E-state index contributed by atoms with van der Waals surface area (Å²) < 4.78 is 25.9. The van der Waals surface area contributed by atoms with Crippen LogP contribution < -0.4 is 10.0 Å². The number of nitrogen functional groups attached to an aromatic ring is 1. The summed E-state index contributed by atoms with van der Waals surface area (Å²) in [5.41, 5.74) is 5.40. The van der Waals surface area contributed by atoms with Crippen molar-refractivity contribution in [3.05, 3.63) is 52.8 Å². The summed E-state index contributed by atoms with van der Waals surface area (Å²) in [6, 6.07) is 6.37. The number of rotatable bonds is 4. The number of nitro benzene ring substituents is 1. The largest absolute Gasteiger partial charge is 0.393 e. The van der Waals surface area contributed by atoms with Gasteiger partial charge >= 0.3 is 0 Å². The van der Waals surface area contributed by atoms with Gasteiger partial charge in [-0.1, -0.05) is 0 Å². The van der Waals surface area contributed by atoms with Gasteiger partial charge in [0.05, 0.1) is 15.5 Å². The molecule has 0 spiro atoms. The summed E-state index contributed by atoms with van der Waals surface area (Å²) in [6.07, 6.45) is 2.93. The van der Waals surface area contributed by atoms with Crippen LogP contribution in [0.5, 0.6) is 0 Å². The summed E-state index contributed by atoms with van der Waals surface area (Å²) >= 11 is 0. The molecule has 1 aromatic carbocycles. The number of nitro groups is 1. The number of nitrogens with zero attached hydrogens (tertiary/aromatic N) is 3. The van der Waals surface area contributed by atoms with E-state index in [2.05, 4.69) is 4.98 Å². The minimum absolute atomic E-state index is 0.120. The lowest BCUT2D eigenvalue weighted by Crippen LogP contribution is -2.26. The van der Waals surface area contributed by atoms with Crippen LogP contribution in [-0.4, -0.2) is 25.4 Å². The van der Waals surface area contributed by atoms with Crippen molar-refractivity contribution in [3.63, 3.8) is 0 Å². The number of hydrogen-bond donors (Lipinski definition) is 1. The highest BCUT2D eigenvalue weighted by Crippen LogP contribution is 2.27. The number of sulfonamides is 1. The molecule has 0 unspecified atom stereocenters. The monoisotopic (exact) mass is 308 g/mol. The van der Waals surface area contributed by atoms with E-state index in [0.717, 1.165) is 22.5 Å². The minimum atomic E-state index is -3.85. The molecule has 9 heteroatoms.